The number of halogens is 2. The minimum Gasteiger partial charge on any atom is -0.206 e. The second-order valence-electron chi connectivity index (χ2n) is 3.49. The maximum Gasteiger partial charge on any atom is 0.136 e. The molecule has 0 fully saturated rings. The van der Waals surface area contributed by atoms with Gasteiger partial charge in [0.15, 0.2) is 0 Å². The maximum atomic E-state index is 13.1. The minimum absolute atomic E-state index is 0.161. The molecule has 0 radical (unpaired) electrons. The molecule has 0 saturated heterocycles. The Morgan fingerprint density at radius 2 is 1.53 bits per heavy atom. The normalized spacial score (nSPS) is 10.3. The molecule has 0 amide bonds. The highest BCUT2D eigenvalue weighted by molar-refractivity contribution is 14.1. The summed E-state index contributed by atoms with van der Waals surface area (Å²) in [5.74, 6) is -0.161. The highest BCUT2D eigenvalue weighted by Crippen LogP contribution is 2.23. The fourth-order valence-electron chi connectivity index (χ4n) is 1.42. The first-order chi connectivity index (χ1) is 7.16. The molecule has 0 atom stereocenters. The van der Waals surface area contributed by atoms with Crippen LogP contribution in [0.3, 0.4) is 0 Å². The zero-order chi connectivity index (χ0) is 10.8. The van der Waals surface area contributed by atoms with Crippen LogP contribution in [-0.2, 0) is 0 Å². The Hall–Kier alpha value is -0.900. The average Bonchev–Trinajstić information content (AvgIpc) is 2.23. The highest BCUT2D eigenvalue weighted by Gasteiger charge is 2.01. The molecule has 0 saturated carbocycles. The van der Waals surface area contributed by atoms with E-state index in [9.17, 15) is 4.39 Å². The molecule has 0 N–H and O–H groups in total. The van der Waals surface area contributed by atoms with Crippen LogP contribution in [0.2, 0.25) is 0 Å². The second-order valence-corrected chi connectivity index (χ2v) is 4.66. The molecule has 0 aliphatic heterocycles. The van der Waals surface area contributed by atoms with Crippen molar-refractivity contribution in [1.29, 1.82) is 0 Å². The Kier molecular flexibility index (Phi) is 3.05. The molecule has 2 heteroatoms. The Bertz CT molecular complexity index is 474. The average molecular weight is 312 g/mol. The lowest BCUT2D eigenvalue weighted by Crippen LogP contribution is -1.84. The van der Waals surface area contributed by atoms with Crippen LogP contribution in [0.25, 0.3) is 11.1 Å². The van der Waals surface area contributed by atoms with E-state index in [2.05, 4.69) is 31.2 Å². The molecule has 2 rings (SSSR count). The van der Waals surface area contributed by atoms with Gasteiger partial charge in [0.05, 0.1) is 0 Å². The lowest BCUT2D eigenvalue weighted by Gasteiger charge is -2.03. The lowest BCUT2D eigenvalue weighted by molar-refractivity contribution is 0.620. The third kappa shape index (κ3) is 2.37. The van der Waals surface area contributed by atoms with E-state index in [4.69, 9.17) is 0 Å². The summed E-state index contributed by atoms with van der Waals surface area (Å²) in [6.45, 7) is 2.05. The fourth-order valence-corrected chi connectivity index (χ4v) is 1.94. The molecule has 2 aromatic rings. The standard InChI is InChI=1S/C13H10FI/c1-9-2-4-10(5-3-9)11-6-7-12(14)13(15)8-11/h2-8H,1H3. The lowest BCUT2D eigenvalue weighted by atomic mass is 10.0. The number of benzene rings is 2. The minimum atomic E-state index is -0.161. The van der Waals surface area contributed by atoms with E-state index in [1.165, 1.54) is 11.6 Å². The summed E-state index contributed by atoms with van der Waals surface area (Å²) < 4.78 is 13.7. The zero-order valence-corrected chi connectivity index (χ0v) is 10.5. The molecule has 0 aliphatic rings. The molecule has 2 aromatic carbocycles. The highest BCUT2D eigenvalue weighted by atomic mass is 127. The van der Waals surface area contributed by atoms with E-state index in [0.29, 0.717) is 3.57 Å². The van der Waals surface area contributed by atoms with Gasteiger partial charge in [-0.25, -0.2) is 4.39 Å². The van der Waals surface area contributed by atoms with Crippen molar-refractivity contribution in [3.8, 4) is 11.1 Å². The van der Waals surface area contributed by atoms with E-state index >= 15 is 0 Å². The smallest absolute Gasteiger partial charge is 0.136 e. The molecule has 76 valence electrons. The first kappa shape index (κ1) is 10.6. The first-order valence-electron chi connectivity index (χ1n) is 4.69. The molecule has 0 bridgehead atoms. The quantitative estimate of drug-likeness (QED) is 0.685. The predicted octanol–water partition coefficient (Wildman–Crippen LogP) is 4.41. The molecular formula is C13H10FI. The van der Waals surface area contributed by atoms with Crippen LogP contribution in [0.4, 0.5) is 4.39 Å². The van der Waals surface area contributed by atoms with Crippen LogP contribution in [0.1, 0.15) is 5.56 Å². The van der Waals surface area contributed by atoms with Gasteiger partial charge in [-0.15, -0.1) is 0 Å². The molecule has 0 heterocycles. The summed E-state index contributed by atoms with van der Waals surface area (Å²) in [6.07, 6.45) is 0. The van der Waals surface area contributed by atoms with Crippen LogP contribution >= 0.6 is 22.6 Å². The van der Waals surface area contributed by atoms with Gasteiger partial charge in [0.25, 0.3) is 0 Å². The second kappa shape index (κ2) is 4.31. The van der Waals surface area contributed by atoms with E-state index < -0.39 is 0 Å². The molecule has 0 unspecified atom stereocenters. The Labute approximate surface area is 102 Å². The third-order valence-corrected chi connectivity index (χ3v) is 3.13. The van der Waals surface area contributed by atoms with Gasteiger partial charge in [-0.05, 0) is 52.8 Å². The van der Waals surface area contributed by atoms with Crippen molar-refractivity contribution >= 4 is 22.6 Å². The van der Waals surface area contributed by atoms with Crippen molar-refractivity contribution in [2.24, 2.45) is 0 Å². The molecule has 0 nitrogen and oxygen atoms in total. The van der Waals surface area contributed by atoms with Crippen molar-refractivity contribution in [2.75, 3.05) is 0 Å². The predicted molar refractivity (Wildman–Crippen MR) is 69.3 cm³/mol. The van der Waals surface area contributed by atoms with Crippen LogP contribution in [0, 0.1) is 16.3 Å². The number of aryl methyl sites for hydroxylation is 1. The monoisotopic (exact) mass is 312 g/mol. The van der Waals surface area contributed by atoms with Gasteiger partial charge in [-0.3, -0.25) is 0 Å². The SMILES string of the molecule is Cc1ccc(-c2ccc(F)c(I)c2)cc1. The first-order valence-corrected chi connectivity index (χ1v) is 5.77. The van der Waals surface area contributed by atoms with Crippen molar-refractivity contribution in [1.82, 2.24) is 0 Å². The number of hydrogen-bond donors (Lipinski definition) is 0. The van der Waals surface area contributed by atoms with E-state index in [-0.39, 0.29) is 5.82 Å². The van der Waals surface area contributed by atoms with Crippen molar-refractivity contribution in [3.05, 3.63) is 57.4 Å². The van der Waals surface area contributed by atoms with Gasteiger partial charge in [-0.2, -0.15) is 0 Å². The van der Waals surface area contributed by atoms with Crippen molar-refractivity contribution < 1.29 is 4.39 Å². The number of hydrogen-bond acceptors (Lipinski definition) is 0. The summed E-state index contributed by atoms with van der Waals surface area (Å²) in [4.78, 5) is 0. The van der Waals surface area contributed by atoms with Crippen LogP contribution in [0.5, 0.6) is 0 Å². The Morgan fingerprint density at radius 1 is 0.933 bits per heavy atom. The Morgan fingerprint density at radius 3 is 2.13 bits per heavy atom. The summed E-state index contributed by atoms with van der Waals surface area (Å²) >= 11 is 2.01. The van der Waals surface area contributed by atoms with E-state index in [1.807, 2.05) is 34.7 Å². The van der Waals surface area contributed by atoms with E-state index in [1.54, 1.807) is 0 Å². The molecule has 0 spiro atoms. The fraction of sp³-hybridized carbons (Fsp3) is 0.0769. The van der Waals surface area contributed by atoms with Gasteiger partial charge in [0, 0.05) is 3.57 Å². The summed E-state index contributed by atoms with van der Waals surface area (Å²) in [6, 6.07) is 13.4. The summed E-state index contributed by atoms with van der Waals surface area (Å²) in [7, 11) is 0. The Balaban J connectivity index is 2.45. The zero-order valence-electron chi connectivity index (χ0n) is 8.30. The largest absolute Gasteiger partial charge is 0.206 e. The molecule has 0 aromatic heterocycles. The van der Waals surface area contributed by atoms with Gasteiger partial charge in [0.1, 0.15) is 5.82 Å². The number of rotatable bonds is 1. The van der Waals surface area contributed by atoms with Crippen LogP contribution < -0.4 is 0 Å². The summed E-state index contributed by atoms with van der Waals surface area (Å²) in [5, 5.41) is 0. The maximum absolute atomic E-state index is 13.1. The van der Waals surface area contributed by atoms with Crippen LogP contribution in [0.15, 0.2) is 42.5 Å². The van der Waals surface area contributed by atoms with Gasteiger partial charge < -0.3 is 0 Å². The topological polar surface area (TPSA) is 0 Å². The third-order valence-electron chi connectivity index (χ3n) is 2.30. The van der Waals surface area contributed by atoms with Gasteiger partial charge in [-0.1, -0.05) is 35.9 Å². The van der Waals surface area contributed by atoms with E-state index in [0.717, 1.165) is 11.1 Å². The molecule has 15 heavy (non-hydrogen) atoms. The molecule has 0 aliphatic carbocycles. The van der Waals surface area contributed by atoms with Gasteiger partial charge >= 0.3 is 0 Å². The molecular weight excluding hydrogens is 302 g/mol. The van der Waals surface area contributed by atoms with Crippen LogP contribution in [-0.4, -0.2) is 0 Å². The summed E-state index contributed by atoms with van der Waals surface area (Å²) in [5.41, 5.74) is 3.41. The van der Waals surface area contributed by atoms with Crippen molar-refractivity contribution in [3.63, 3.8) is 0 Å². The van der Waals surface area contributed by atoms with Gasteiger partial charge in [0.2, 0.25) is 0 Å². The van der Waals surface area contributed by atoms with Crippen molar-refractivity contribution in [2.45, 2.75) is 6.92 Å².